The fourth-order valence-electron chi connectivity index (χ4n) is 2.68. The van der Waals surface area contributed by atoms with Crippen LogP contribution in [0, 0.1) is 0 Å². The van der Waals surface area contributed by atoms with E-state index in [1.165, 1.54) is 5.01 Å². The van der Waals surface area contributed by atoms with Gasteiger partial charge >= 0.3 is 0 Å². The molecule has 124 valence electrons. The van der Waals surface area contributed by atoms with Crippen molar-refractivity contribution in [3.63, 3.8) is 0 Å². The summed E-state index contributed by atoms with van der Waals surface area (Å²) in [7, 11) is 0. The van der Waals surface area contributed by atoms with Gasteiger partial charge in [-0.05, 0) is 37.3 Å². The molecule has 0 atom stereocenters. The molecule has 3 aromatic rings. The quantitative estimate of drug-likeness (QED) is 0.688. The molecule has 0 aliphatic carbocycles. The number of amides is 1. The van der Waals surface area contributed by atoms with Gasteiger partial charge in [0.25, 0.3) is 5.91 Å². The molecular formula is C19H16N4O2. The Labute approximate surface area is 144 Å². The van der Waals surface area contributed by atoms with Crippen LogP contribution in [0.15, 0.2) is 76.2 Å². The van der Waals surface area contributed by atoms with Crippen LogP contribution >= 0.6 is 0 Å². The number of benzene rings is 1. The third-order valence-corrected chi connectivity index (χ3v) is 3.92. The molecule has 0 saturated heterocycles. The number of furan rings is 1. The molecule has 1 aliphatic rings. The van der Waals surface area contributed by atoms with Crippen LogP contribution < -0.4 is 5.01 Å². The highest BCUT2D eigenvalue weighted by Gasteiger charge is 2.33. The molecule has 0 bridgehead atoms. The van der Waals surface area contributed by atoms with Crippen molar-refractivity contribution in [3.8, 4) is 0 Å². The van der Waals surface area contributed by atoms with Crippen molar-refractivity contribution in [1.29, 1.82) is 0 Å². The first kappa shape index (κ1) is 15.1. The zero-order chi connectivity index (χ0) is 17.2. The third kappa shape index (κ3) is 2.78. The second kappa shape index (κ2) is 6.24. The summed E-state index contributed by atoms with van der Waals surface area (Å²) in [4.78, 5) is 13.0. The Bertz CT molecular complexity index is 952. The summed E-state index contributed by atoms with van der Waals surface area (Å²) in [5, 5.41) is 10.1. The molecule has 6 heteroatoms. The van der Waals surface area contributed by atoms with Crippen LogP contribution in [-0.4, -0.2) is 21.4 Å². The number of aromatic nitrogens is 2. The lowest BCUT2D eigenvalue weighted by Gasteiger charge is -2.10. The normalized spacial score (nSPS) is 15.9. The molecule has 1 aliphatic heterocycles. The highest BCUT2D eigenvalue weighted by Crippen LogP contribution is 2.27. The maximum absolute atomic E-state index is 13.0. The van der Waals surface area contributed by atoms with Gasteiger partial charge in [-0.25, -0.2) is 0 Å². The molecule has 0 N–H and O–H groups in total. The molecule has 2 aromatic heterocycles. The molecule has 0 radical (unpaired) electrons. The minimum atomic E-state index is -0.193. The number of hydrogen-bond acceptors (Lipinski definition) is 4. The first-order valence-electron chi connectivity index (χ1n) is 8.03. The number of rotatable bonds is 4. The van der Waals surface area contributed by atoms with E-state index in [-0.39, 0.29) is 5.91 Å². The SMILES string of the molecule is CCn1cc(C=C2C(=O)N(c3ccccc3)N=C2c2ccco2)cn1. The topological polar surface area (TPSA) is 63.6 Å². The van der Waals surface area contributed by atoms with Gasteiger partial charge in [0.1, 0.15) is 5.71 Å². The molecule has 1 amide bonds. The summed E-state index contributed by atoms with van der Waals surface area (Å²) < 4.78 is 7.28. The van der Waals surface area contributed by atoms with E-state index in [1.54, 1.807) is 30.7 Å². The summed E-state index contributed by atoms with van der Waals surface area (Å²) in [6.45, 7) is 2.78. The first-order valence-corrected chi connectivity index (χ1v) is 8.03. The van der Waals surface area contributed by atoms with Gasteiger partial charge in [-0.3, -0.25) is 9.48 Å². The summed E-state index contributed by atoms with van der Waals surface area (Å²) >= 11 is 0. The lowest BCUT2D eigenvalue weighted by molar-refractivity contribution is -0.114. The Morgan fingerprint density at radius 2 is 2.00 bits per heavy atom. The highest BCUT2D eigenvalue weighted by atomic mass is 16.3. The van der Waals surface area contributed by atoms with Gasteiger partial charge < -0.3 is 4.42 Å². The van der Waals surface area contributed by atoms with E-state index >= 15 is 0 Å². The lowest BCUT2D eigenvalue weighted by Crippen LogP contribution is -2.21. The van der Waals surface area contributed by atoms with E-state index in [1.807, 2.05) is 48.1 Å². The second-order valence-electron chi connectivity index (χ2n) is 5.57. The minimum Gasteiger partial charge on any atom is -0.463 e. The van der Waals surface area contributed by atoms with Crippen LogP contribution in [-0.2, 0) is 11.3 Å². The summed E-state index contributed by atoms with van der Waals surface area (Å²) in [5.41, 5.74) is 2.56. The van der Waals surface area contributed by atoms with E-state index in [9.17, 15) is 4.79 Å². The van der Waals surface area contributed by atoms with Crippen LogP contribution in [0.25, 0.3) is 6.08 Å². The van der Waals surface area contributed by atoms with Crippen LogP contribution in [0.3, 0.4) is 0 Å². The van der Waals surface area contributed by atoms with Crippen LogP contribution in [0.2, 0.25) is 0 Å². The third-order valence-electron chi connectivity index (χ3n) is 3.92. The maximum atomic E-state index is 13.0. The van der Waals surface area contributed by atoms with Crippen molar-refractivity contribution in [2.75, 3.05) is 5.01 Å². The van der Waals surface area contributed by atoms with Gasteiger partial charge in [-0.1, -0.05) is 18.2 Å². The molecule has 0 spiro atoms. The molecule has 1 aromatic carbocycles. The average Bonchev–Trinajstić information content (AvgIpc) is 3.38. The van der Waals surface area contributed by atoms with Gasteiger partial charge in [0.05, 0.1) is 23.7 Å². The second-order valence-corrected chi connectivity index (χ2v) is 5.57. The zero-order valence-electron chi connectivity index (χ0n) is 13.7. The molecule has 0 unspecified atom stereocenters. The average molecular weight is 332 g/mol. The van der Waals surface area contributed by atoms with Crippen LogP contribution in [0.5, 0.6) is 0 Å². The van der Waals surface area contributed by atoms with Crippen molar-refractivity contribution in [2.45, 2.75) is 13.5 Å². The smallest absolute Gasteiger partial charge is 0.281 e. The first-order chi connectivity index (χ1) is 12.3. The number of carbonyl (C=O) groups is 1. The van der Waals surface area contributed by atoms with Gasteiger partial charge in [0, 0.05) is 18.3 Å². The predicted molar refractivity (Wildman–Crippen MR) is 95.1 cm³/mol. The Morgan fingerprint density at radius 3 is 2.68 bits per heavy atom. The molecule has 0 fully saturated rings. The molecule has 3 heterocycles. The lowest BCUT2D eigenvalue weighted by atomic mass is 10.1. The molecular weight excluding hydrogens is 316 g/mol. The van der Waals surface area contributed by atoms with E-state index in [4.69, 9.17) is 4.42 Å². The highest BCUT2D eigenvalue weighted by molar-refractivity contribution is 6.36. The van der Waals surface area contributed by atoms with E-state index in [0.29, 0.717) is 22.7 Å². The molecule has 25 heavy (non-hydrogen) atoms. The number of hydrazone groups is 1. The fraction of sp³-hybridized carbons (Fsp3) is 0.105. The molecule has 0 saturated carbocycles. The number of para-hydroxylation sites is 1. The van der Waals surface area contributed by atoms with Crippen molar-refractivity contribution in [2.24, 2.45) is 5.10 Å². The minimum absolute atomic E-state index is 0.193. The Balaban J connectivity index is 1.79. The Hall–Kier alpha value is -3.41. The molecule has 4 rings (SSSR count). The van der Waals surface area contributed by atoms with E-state index in [0.717, 1.165) is 12.1 Å². The van der Waals surface area contributed by atoms with Crippen molar-refractivity contribution in [3.05, 3.63) is 78.0 Å². The van der Waals surface area contributed by atoms with E-state index in [2.05, 4.69) is 10.2 Å². The predicted octanol–water partition coefficient (Wildman–Crippen LogP) is 3.33. The number of aryl methyl sites for hydroxylation is 1. The van der Waals surface area contributed by atoms with Crippen molar-refractivity contribution in [1.82, 2.24) is 9.78 Å². The largest absolute Gasteiger partial charge is 0.463 e. The van der Waals surface area contributed by atoms with E-state index < -0.39 is 0 Å². The summed E-state index contributed by atoms with van der Waals surface area (Å²) in [6.07, 6.45) is 6.99. The fourth-order valence-corrected chi connectivity index (χ4v) is 2.68. The number of carbonyl (C=O) groups excluding carboxylic acids is 1. The van der Waals surface area contributed by atoms with Gasteiger partial charge in [0.2, 0.25) is 0 Å². The number of anilines is 1. The van der Waals surface area contributed by atoms with Gasteiger partial charge in [0.15, 0.2) is 5.76 Å². The number of hydrogen-bond donors (Lipinski definition) is 0. The van der Waals surface area contributed by atoms with Gasteiger partial charge in [-0.2, -0.15) is 15.2 Å². The van der Waals surface area contributed by atoms with Crippen molar-refractivity contribution < 1.29 is 9.21 Å². The van der Waals surface area contributed by atoms with Crippen LogP contribution in [0.4, 0.5) is 5.69 Å². The summed E-state index contributed by atoms with van der Waals surface area (Å²) in [5.74, 6) is 0.364. The zero-order valence-corrected chi connectivity index (χ0v) is 13.7. The molecule has 6 nitrogen and oxygen atoms in total. The summed E-state index contributed by atoms with van der Waals surface area (Å²) in [6, 6.07) is 12.9. The Morgan fingerprint density at radius 1 is 1.16 bits per heavy atom. The number of nitrogens with zero attached hydrogens (tertiary/aromatic N) is 4. The monoisotopic (exact) mass is 332 g/mol. The van der Waals surface area contributed by atoms with Crippen molar-refractivity contribution >= 4 is 23.4 Å². The van der Waals surface area contributed by atoms with Crippen LogP contribution in [0.1, 0.15) is 18.2 Å². The standard InChI is InChI=1S/C19H16N4O2/c1-2-22-13-14(12-20-22)11-16-18(17-9-6-10-25-17)21-23(19(16)24)15-7-4-3-5-8-15/h3-13H,2H2,1H3. The van der Waals surface area contributed by atoms with Gasteiger partial charge in [-0.15, -0.1) is 0 Å². The maximum Gasteiger partial charge on any atom is 0.281 e. The Kier molecular flexibility index (Phi) is 3.78.